The molecular formula is C25H51NO. The summed E-state index contributed by atoms with van der Waals surface area (Å²) >= 11 is 0. The van der Waals surface area contributed by atoms with E-state index in [0.29, 0.717) is 12.5 Å². The summed E-state index contributed by atoms with van der Waals surface area (Å²) < 4.78 is 0. The predicted octanol–water partition coefficient (Wildman–Crippen LogP) is 9.60. The molecular weight excluding hydrogens is 330 g/mol. The van der Waals surface area contributed by atoms with E-state index in [1.54, 1.807) is 0 Å². The number of rotatable bonds is 23. The van der Waals surface area contributed by atoms with E-state index in [0.717, 1.165) is 0 Å². The molecule has 0 amide bonds. The highest BCUT2D eigenvalue weighted by Crippen LogP contribution is 2.20. The number of nitrogens with zero attached hydrogens (tertiary/aromatic N) is 1. The molecule has 0 rings (SSSR count). The molecule has 0 aliphatic rings. The molecule has 0 saturated carbocycles. The van der Waals surface area contributed by atoms with Gasteiger partial charge in [-0.1, -0.05) is 141 Å². The normalized spacial score (nSPS) is 12.4. The summed E-state index contributed by atoms with van der Waals surface area (Å²) in [5, 5.41) is 3.20. The first-order valence-corrected chi connectivity index (χ1v) is 12.6. The average Bonchev–Trinajstić information content (AvgIpc) is 2.68. The van der Waals surface area contributed by atoms with Crippen LogP contribution in [0, 0.1) is 10.8 Å². The minimum absolute atomic E-state index is 0.550. The number of nitroso groups, excluding NO2 is 1. The highest BCUT2D eigenvalue weighted by molar-refractivity contribution is 4.63. The lowest BCUT2D eigenvalue weighted by atomic mass is 9.94. The van der Waals surface area contributed by atoms with Gasteiger partial charge in [-0.15, -0.1) is 0 Å². The largest absolute Gasteiger partial charge is 0.151 e. The average molecular weight is 382 g/mol. The van der Waals surface area contributed by atoms with Crippen molar-refractivity contribution in [3.8, 4) is 0 Å². The molecule has 0 N–H and O–H groups in total. The van der Waals surface area contributed by atoms with E-state index >= 15 is 0 Å². The molecule has 1 unspecified atom stereocenters. The van der Waals surface area contributed by atoms with E-state index in [-0.39, 0.29) is 0 Å². The van der Waals surface area contributed by atoms with Crippen molar-refractivity contribution in [2.75, 3.05) is 6.54 Å². The Labute approximate surface area is 171 Å². The molecule has 0 bridgehead atoms. The molecule has 0 aromatic rings. The molecule has 0 aliphatic heterocycles. The lowest BCUT2D eigenvalue weighted by Crippen LogP contribution is -2.04. The van der Waals surface area contributed by atoms with E-state index in [9.17, 15) is 4.91 Å². The second kappa shape index (κ2) is 23.6. The van der Waals surface area contributed by atoms with Gasteiger partial charge in [0.15, 0.2) is 0 Å². The maximum atomic E-state index is 10.7. The van der Waals surface area contributed by atoms with Gasteiger partial charge in [-0.3, -0.25) is 0 Å². The standard InChI is InChI=1S/C25H51NO/c1-3-5-7-9-11-13-14-15-17-19-21-23-25(24-26-27)22-20-18-16-12-10-8-6-4-2/h25H,3-24H2,1-2H3. The van der Waals surface area contributed by atoms with Crippen molar-refractivity contribution < 1.29 is 0 Å². The van der Waals surface area contributed by atoms with Crippen molar-refractivity contribution in [1.29, 1.82) is 0 Å². The van der Waals surface area contributed by atoms with E-state index in [1.807, 2.05) is 0 Å². The molecule has 0 aromatic carbocycles. The van der Waals surface area contributed by atoms with Crippen LogP contribution in [0.5, 0.6) is 0 Å². The van der Waals surface area contributed by atoms with Gasteiger partial charge in [0.1, 0.15) is 0 Å². The zero-order valence-corrected chi connectivity index (χ0v) is 19.0. The van der Waals surface area contributed by atoms with E-state index < -0.39 is 0 Å². The van der Waals surface area contributed by atoms with Crippen LogP contribution in [0.1, 0.15) is 149 Å². The Bertz CT molecular complexity index is 279. The van der Waals surface area contributed by atoms with Crippen LogP contribution in [-0.2, 0) is 0 Å². The SMILES string of the molecule is CCCCCCCCCCCCCC(CCCCCCCCCC)CN=O. The van der Waals surface area contributed by atoms with Crippen LogP contribution in [0.4, 0.5) is 0 Å². The zero-order chi connectivity index (χ0) is 19.8. The highest BCUT2D eigenvalue weighted by atomic mass is 16.3. The molecule has 2 heteroatoms. The summed E-state index contributed by atoms with van der Waals surface area (Å²) in [4.78, 5) is 10.7. The first-order chi connectivity index (χ1) is 13.3. The molecule has 0 aromatic heterocycles. The third-order valence-corrected chi connectivity index (χ3v) is 6.01. The number of hydrogen-bond acceptors (Lipinski definition) is 2. The Morgan fingerprint density at radius 2 is 0.778 bits per heavy atom. The first kappa shape index (κ1) is 26.6. The molecule has 2 nitrogen and oxygen atoms in total. The van der Waals surface area contributed by atoms with Gasteiger partial charge in [-0.25, -0.2) is 0 Å². The van der Waals surface area contributed by atoms with Gasteiger partial charge in [-0.2, -0.15) is 4.91 Å². The van der Waals surface area contributed by atoms with Crippen molar-refractivity contribution in [2.45, 2.75) is 149 Å². The van der Waals surface area contributed by atoms with Crippen LogP contribution < -0.4 is 0 Å². The molecule has 0 heterocycles. The van der Waals surface area contributed by atoms with E-state index in [1.165, 1.54) is 135 Å². The fourth-order valence-corrected chi connectivity index (χ4v) is 4.10. The maximum absolute atomic E-state index is 10.7. The predicted molar refractivity (Wildman–Crippen MR) is 122 cm³/mol. The summed E-state index contributed by atoms with van der Waals surface area (Å²) in [6.07, 6.45) is 28.8. The van der Waals surface area contributed by atoms with Crippen molar-refractivity contribution in [3.63, 3.8) is 0 Å². The topological polar surface area (TPSA) is 29.4 Å². The second-order valence-electron chi connectivity index (χ2n) is 8.77. The Balaban J connectivity index is 3.41. The Morgan fingerprint density at radius 1 is 0.481 bits per heavy atom. The van der Waals surface area contributed by atoms with Crippen LogP contribution in [-0.4, -0.2) is 6.54 Å². The van der Waals surface area contributed by atoms with Crippen molar-refractivity contribution in [3.05, 3.63) is 4.91 Å². The molecule has 0 fully saturated rings. The molecule has 0 aliphatic carbocycles. The summed E-state index contributed by atoms with van der Waals surface area (Å²) in [7, 11) is 0. The van der Waals surface area contributed by atoms with Gasteiger partial charge < -0.3 is 0 Å². The van der Waals surface area contributed by atoms with Gasteiger partial charge in [0.25, 0.3) is 0 Å². The Hall–Kier alpha value is -0.400. The quantitative estimate of drug-likeness (QED) is 0.128. The summed E-state index contributed by atoms with van der Waals surface area (Å²) in [6.45, 7) is 5.11. The zero-order valence-electron chi connectivity index (χ0n) is 19.0. The van der Waals surface area contributed by atoms with Crippen molar-refractivity contribution >= 4 is 0 Å². The fourth-order valence-electron chi connectivity index (χ4n) is 4.10. The smallest absolute Gasteiger partial charge is 0.0839 e. The first-order valence-electron chi connectivity index (χ1n) is 12.6. The number of unbranched alkanes of at least 4 members (excludes halogenated alkanes) is 17. The molecule has 27 heavy (non-hydrogen) atoms. The third kappa shape index (κ3) is 21.8. The van der Waals surface area contributed by atoms with E-state index in [4.69, 9.17) is 0 Å². The van der Waals surface area contributed by atoms with Crippen LogP contribution in [0.15, 0.2) is 5.18 Å². The van der Waals surface area contributed by atoms with Crippen LogP contribution in [0.25, 0.3) is 0 Å². The van der Waals surface area contributed by atoms with Crippen LogP contribution >= 0.6 is 0 Å². The highest BCUT2D eigenvalue weighted by Gasteiger charge is 2.08. The fraction of sp³-hybridized carbons (Fsp3) is 1.00. The Morgan fingerprint density at radius 3 is 1.07 bits per heavy atom. The third-order valence-electron chi connectivity index (χ3n) is 6.01. The lowest BCUT2D eigenvalue weighted by Gasteiger charge is -2.13. The second-order valence-corrected chi connectivity index (χ2v) is 8.77. The van der Waals surface area contributed by atoms with E-state index in [2.05, 4.69) is 19.0 Å². The molecule has 162 valence electrons. The lowest BCUT2D eigenvalue weighted by molar-refractivity contribution is 0.409. The minimum atomic E-state index is 0.550. The molecule has 1 atom stereocenters. The monoisotopic (exact) mass is 381 g/mol. The van der Waals surface area contributed by atoms with Crippen LogP contribution in [0.2, 0.25) is 0 Å². The van der Waals surface area contributed by atoms with Gasteiger partial charge in [-0.05, 0) is 18.8 Å². The maximum Gasteiger partial charge on any atom is 0.0839 e. The molecule has 0 radical (unpaired) electrons. The van der Waals surface area contributed by atoms with Crippen molar-refractivity contribution in [2.24, 2.45) is 11.1 Å². The summed E-state index contributed by atoms with van der Waals surface area (Å²) in [5.74, 6) is 0.557. The van der Waals surface area contributed by atoms with Crippen LogP contribution in [0.3, 0.4) is 0 Å². The van der Waals surface area contributed by atoms with Gasteiger partial charge in [0.2, 0.25) is 0 Å². The molecule has 0 spiro atoms. The van der Waals surface area contributed by atoms with Crippen molar-refractivity contribution in [1.82, 2.24) is 0 Å². The van der Waals surface area contributed by atoms with Gasteiger partial charge >= 0.3 is 0 Å². The molecule has 0 saturated heterocycles. The summed E-state index contributed by atoms with van der Waals surface area (Å²) in [5.41, 5.74) is 0. The summed E-state index contributed by atoms with van der Waals surface area (Å²) in [6, 6.07) is 0. The minimum Gasteiger partial charge on any atom is -0.151 e. The van der Waals surface area contributed by atoms with Gasteiger partial charge in [0, 0.05) is 0 Å². The van der Waals surface area contributed by atoms with Gasteiger partial charge in [0.05, 0.1) is 6.54 Å². The number of hydrogen-bond donors (Lipinski definition) is 0. The Kier molecular flexibility index (Phi) is 23.3.